The van der Waals surface area contributed by atoms with Crippen LogP contribution >= 0.6 is 0 Å². The number of carbonyl (C=O) groups is 3. The summed E-state index contributed by atoms with van der Waals surface area (Å²) >= 11 is 0. The van der Waals surface area contributed by atoms with Crippen molar-refractivity contribution in [2.75, 3.05) is 0 Å². The molecule has 1 saturated carbocycles. The molecule has 1 aliphatic heterocycles. The van der Waals surface area contributed by atoms with Crippen molar-refractivity contribution in [3.8, 4) is 0 Å². The normalized spacial score (nSPS) is 26.4. The number of carbonyl (C=O) groups excluding carboxylic acids is 3. The number of nitrogens with one attached hydrogen (secondary N) is 3. The Kier molecular flexibility index (Phi) is 2.11. The minimum Gasteiger partial charge on any atom is -0.352 e. The quantitative estimate of drug-likeness (QED) is 0.523. The minimum atomic E-state index is -0.711. The second-order valence-electron chi connectivity index (χ2n) is 3.56. The fourth-order valence-electron chi connectivity index (χ4n) is 1.30. The summed E-state index contributed by atoms with van der Waals surface area (Å²) in [5.74, 6) is -0.680. The first-order chi connectivity index (χ1) is 6.65. The van der Waals surface area contributed by atoms with Crippen molar-refractivity contribution in [3.63, 3.8) is 0 Å². The highest BCUT2D eigenvalue weighted by Gasteiger charge is 2.32. The van der Waals surface area contributed by atoms with E-state index < -0.39 is 18.0 Å². The monoisotopic (exact) mass is 197 g/mol. The number of hydrogen-bond donors (Lipinski definition) is 3. The van der Waals surface area contributed by atoms with E-state index in [0.717, 1.165) is 12.8 Å². The van der Waals surface area contributed by atoms with Crippen LogP contribution < -0.4 is 16.0 Å². The summed E-state index contributed by atoms with van der Waals surface area (Å²) in [4.78, 5) is 33.2. The molecule has 0 unspecified atom stereocenters. The summed E-state index contributed by atoms with van der Waals surface area (Å²) in [5, 5.41) is 7.19. The Morgan fingerprint density at radius 2 is 2.07 bits per heavy atom. The third-order valence-corrected chi connectivity index (χ3v) is 2.19. The number of hydrogen-bond acceptors (Lipinski definition) is 3. The maximum absolute atomic E-state index is 11.4. The Morgan fingerprint density at radius 3 is 2.64 bits per heavy atom. The van der Waals surface area contributed by atoms with Crippen LogP contribution in [0.25, 0.3) is 0 Å². The van der Waals surface area contributed by atoms with E-state index in [9.17, 15) is 14.4 Å². The van der Waals surface area contributed by atoms with E-state index in [1.165, 1.54) is 0 Å². The van der Waals surface area contributed by atoms with Crippen molar-refractivity contribution in [2.24, 2.45) is 0 Å². The molecule has 76 valence electrons. The SMILES string of the molecule is O=C1C[C@@H](C(=O)NC2CC2)NC(=O)N1. The molecule has 6 nitrogen and oxygen atoms in total. The molecule has 2 rings (SSSR count). The summed E-state index contributed by atoms with van der Waals surface area (Å²) in [5.41, 5.74) is 0. The van der Waals surface area contributed by atoms with Gasteiger partial charge in [-0.3, -0.25) is 14.9 Å². The molecule has 2 aliphatic rings. The van der Waals surface area contributed by atoms with Crippen LogP contribution in [0.2, 0.25) is 0 Å². The van der Waals surface area contributed by atoms with Gasteiger partial charge in [-0.25, -0.2) is 4.79 Å². The number of amides is 4. The molecule has 0 aromatic rings. The Bertz CT molecular complexity index is 282. The molecule has 0 spiro atoms. The Labute approximate surface area is 80.4 Å². The highest BCUT2D eigenvalue weighted by atomic mass is 16.2. The van der Waals surface area contributed by atoms with E-state index in [1.807, 2.05) is 0 Å². The van der Waals surface area contributed by atoms with E-state index in [-0.39, 0.29) is 18.4 Å². The van der Waals surface area contributed by atoms with Crippen LogP contribution in [0.1, 0.15) is 19.3 Å². The summed E-state index contributed by atoms with van der Waals surface area (Å²) in [7, 11) is 0. The van der Waals surface area contributed by atoms with Crippen LogP contribution in [0.5, 0.6) is 0 Å². The van der Waals surface area contributed by atoms with Gasteiger partial charge in [0.15, 0.2) is 0 Å². The maximum atomic E-state index is 11.4. The van der Waals surface area contributed by atoms with E-state index in [2.05, 4.69) is 16.0 Å². The Morgan fingerprint density at radius 1 is 1.36 bits per heavy atom. The molecular weight excluding hydrogens is 186 g/mol. The van der Waals surface area contributed by atoms with Crippen molar-refractivity contribution < 1.29 is 14.4 Å². The highest BCUT2D eigenvalue weighted by Crippen LogP contribution is 2.18. The van der Waals surface area contributed by atoms with Gasteiger partial charge in [0.2, 0.25) is 11.8 Å². The smallest absolute Gasteiger partial charge is 0.322 e. The van der Waals surface area contributed by atoms with Gasteiger partial charge in [0.25, 0.3) is 0 Å². The predicted octanol–water partition coefficient (Wildman–Crippen LogP) is -1.14. The second-order valence-corrected chi connectivity index (χ2v) is 3.56. The molecule has 14 heavy (non-hydrogen) atoms. The van der Waals surface area contributed by atoms with Crippen LogP contribution in [-0.4, -0.2) is 29.9 Å². The van der Waals surface area contributed by atoms with E-state index in [4.69, 9.17) is 0 Å². The molecule has 0 radical (unpaired) electrons. The lowest BCUT2D eigenvalue weighted by Gasteiger charge is -2.22. The van der Waals surface area contributed by atoms with Crippen molar-refractivity contribution in [2.45, 2.75) is 31.3 Å². The molecule has 1 aliphatic carbocycles. The van der Waals surface area contributed by atoms with Crippen LogP contribution in [0, 0.1) is 0 Å². The van der Waals surface area contributed by atoms with Gasteiger partial charge in [-0.05, 0) is 12.8 Å². The molecule has 2 fully saturated rings. The summed E-state index contributed by atoms with van der Waals surface area (Å²) in [6.07, 6.45) is 1.99. The third kappa shape index (κ3) is 2.01. The molecular formula is C8H11N3O3. The van der Waals surface area contributed by atoms with Gasteiger partial charge >= 0.3 is 6.03 Å². The standard InChI is InChI=1S/C8H11N3O3/c12-6-3-5(10-8(14)11-6)7(13)9-4-1-2-4/h4-5H,1-3H2,(H,9,13)(H2,10,11,12,14)/t5-/m0/s1. The molecule has 0 aromatic carbocycles. The predicted molar refractivity (Wildman–Crippen MR) is 46.2 cm³/mol. The van der Waals surface area contributed by atoms with E-state index in [0.29, 0.717) is 0 Å². The van der Waals surface area contributed by atoms with Crippen LogP contribution in [-0.2, 0) is 9.59 Å². The number of imide groups is 1. The van der Waals surface area contributed by atoms with Gasteiger partial charge in [0, 0.05) is 6.04 Å². The average molecular weight is 197 g/mol. The lowest BCUT2D eigenvalue weighted by molar-refractivity contribution is -0.128. The van der Waals surface area contributed by atoms with Crippen molar-refractivity contribution in [3.05, 3.63) is 0 Å². The molecule has 1 heterocycles. The van der Waals surface area contributed by atoms with Gasteiger partial charge in [-0.1, -0.05) is 0 Å². The van der Waals surface area contributed by atoms with Gasteiger partial charge < -0.3 is 10.6 Å². The molecule has 0 bridgehead atoms. The summed E-state index contributed by atoms with van der Waals surface area (Å²) in [6, 6.07) is -1.07. The summed E-state index contributed by atoms with van der Waals surface area (Å²) in [6.45, 7) is 0. The van der Waals surface area contributed by atoms with Gasteiger partial charge in [0.1, 0.15) is 6.04 Å². The fourth-order valence-corrected chi connectivity index (χ4v) is 1.30. The van der Waals surface area contributed by atoms with Gasteiger partial charge in [0.05, 0.1) is 6.42 Å². The molecule has 1 saturated heterocycles. The lowest BCUT2D eigenvalue weighted by Crippen LogP contribution is -2.57. The second kappa shape index (κ2) is 3.28. The first kappa shape index (κ1) is 8.98. The Hall–Kier alpha value is -1.59. The third-order valence-electron chi connectivity index (χ3n) is 2.19. The van der Waals surface area contributed by atoms with Crippen molar-refractivity contribution >= 4 is 17.8 Å². The lowest BCUT2D eigenvalue weighted by atomic mass is 10.1. The molecule has 4 amide bonds. The summed E-state index contributed by atoms with van der Waals surface area (Å²) < 4.78 is 0. The molecule has 0 aromatic heterocycles. The Balaban J connectivity index is 1.91. The van der Waals surface area contributed by atoms with Gasteiger partial charge in [-0.2, -0.15) is 0 Å². The van der Waals surface area contributed by atoms with Crippen molar-refractivity contribution in [1.82, 2.24) is 16.0 Å². The zero-order chi connectivity index (χ0) is 10.1. The van der Waals surface area contributed by atoms with Crippen molar-refractivity contribution in [1.29, 1.82) is 0 Å². The van der Waals surface area contributed by atoms with E-state index >= 15 is 0 Å². The first-order valence-electron chi connectivity index (χ1n) is 4.56. The van der Waals surface area contributed by atoms with E-state index in [1.54, 1.807) is 0 Å². The number of rotatable bonds is 2. The molecule has 3 N–H and O–H groups in total. The fraction of sp³-hybridized carbons (Fsp3) is 0.625. The van der Waals surface area contributed by atoms with Gasteiger partial charge in [-0.15, -0.1) is 0 Å². The largest absolute Gasteiger partial charge is 0.352 e. The minimum absolute atomic E-state index is 0.0181. The molecule has 1 atom stereocenters. The van der Waals surface area contributed by atoms with Crippen LogP contribution in [0.3, 0.4) is 0 Å². The van der Waals surface area contributed by atoms with Crippen LogP contribution in [0.4, 0.5) is 4.79 Å². The molecule has 6 heteroatoms. The topological polar surface area (TPSA) is 87.3 Å². The zero-order valence-corrected chi connectivity index (χ0v) is 7.50. The van der Waals surface area contributed by atoms with Crippen LogP contribution in [0.15, 0.2) is 0 Å². The first-order valence-corrected chi connectivity index (χ1v) is 4.56. The highest BCUT2D eigenvalue weighted by molar-refractivity contribution is 6.02. The average Bonchev–Trinajstić information content (AvgIpc) is 2.86. The number of urea groups is 1. The zero-order valence-electron chi connectivity index (χ0n) is 7.50. The maximum Gasteiger partial charge on any atom is 0.322 e.